The number of imidazole rings is 1. The van der Waals surface area contributed by atoms with E-state index in [0.29, 0.717) is 0 Å². The van der Waals surface area contributed by atoms with Crippen LogP contribution in [0.4, 0.5) is 14.7 Å². The second-order valence-corrected chi connectivity index (χ2v) is 6.85. The molecule has 5 heteroatoms. The summed E-state index contributed by atoms with van der Waals surface area (Å²) in [5.74, 6) is 0.265. The van der Waals surface area contributed by atoms with Gasteiger partial charge in [0.05, 0.1) is 23.1 Å². The second kappa shape index (κ2) is 6.20. The van der Waals surface area contributed by atoms with E-state index < -0.39 is 0 Å². The zero-order chi connectivity index (χ0) is 18.4. The molecule has 27 heavy (non-hydrogen) atoms. The van der Waals surface area contributed by atoms with Crippen molar-refractivity contribution in [2.45, 2.75) is 18.5 Å². The van der Waals surface area contributed by atoms with Gasteiger partial charge in [-0.3, -0.25) is 0 Å². The van der Waals surface area contributed by atoms with Gasteiger partial charge in [0, 0.05) is 0 Å². The van der Waals surface area contributed by atoms with Crippen molar-refractivity contribution in [3.63, 3.8) is 0 Å². The minimum atomic E-state index is -0.253. The normalized spacial score (nSPS) is 18.9. The zero-order valence-corrected chi connectivity index (χ0v) is 14.4. The van der Waals surface area contributed by atoms with Crippen LogP contribution in [0.3, 0.4) is 0 Å². The smallest absolute Gasteiger partial charge is 0.204 e. The van der Waals surface area contributed by atoms with Crippen molar-refractivity contribution in [3.8, 4) is 0 Å². The van der Waals surface area contributed by atoms with Gasteiger partial charge in [-0.15, -0.1) is 0 Å². The zero-order valence-electron chi connectivity index (χ0n) is 14.4. The fourth-order valence-corrected chi connectivity index (χ4v) is 3.89. The van der Waals surface area contributed by atoms with Crippen LogP contribution in [-0.2, 0) is 0 Å². The molecule has 0 spiro atoms. The molecular weight excluding hydrogens is 344 g/mol. The number of halogens is 2. The summed E-state index contributed by atoms with van der Waals surface area (Å²) in [5, 5.41) is 3.49. The van der Waals surface area contributed by atoms with Crippen LogP contribution in [0.2, 0.25) is 0 Å². The maximum absolute atomic E-state index is 13.5. The number of aromatic nitrogens is 2. The van der Waals surface area contributed by atoms with Crippen molar-refractivity contribution in [3.05, 3.63) is 95.6 Å². The topological polar surface area (TPSA) is 29.9 Å². The van der Waals surface area contributed by atoms with E-state index >= 15 is 0 Å². The average Bonchev–Trinajstić information content (AvgIpc) is 3.07. The Morgan fingerprint density at radius 3 is 2.15 bits per heavy atom. The summed E-state index contributed by atoms with van der Waals surface area (Å²) in [6.07, 6.45) is 0.755. The third-order valence-corrected chi connectivity index (χ3v) is 5.20. The molecule has 1 aliphatic rings. The van der Waals surface area contributed by atoms with Gasteiger partial charge in [-0.05, 0) is 53.9 Å². The highest BCUT2D eigenvalue weighted by molar-refractivity contribution is 5.79. The predicted molar refractivity (Wildman–Crippen MR) is 102 cm³/mol. The molecule has 134 valence electrons. The van der Waals surface area contributed by atoms with Crippen LogP contribution in [0.25, 0.3) is 11.0 Å². The van der Waals surface area contributed by atoms with Crippen molar-refractivity contribution < 1.29 is 8.78 Å². The van der Waals surface area contributed by atoms with Gasteiger partial charge in [-0.2, -0.15) is 0 Å². The highest BCUT2D eigenvalue weighted by Gasteiger charge is 2.30. The Balaban J connectivity index is 1.65. The van der Waals surface area contributed by atoms with Crippen LogP contribution >= 0.6 is 0 Å². The quantitative estimate of drug-likeness (QED) is 0.514. The minimum absolute atomic E-state index is 0.00398. The summed E-state index contributed by atoms with van der Waals surface area (Å²) >= 11 is 0. The number of benzene rings is 3. The van der Waals surface area contributed by atoms with Crippen LogP contribution in [0.1, 0.15) is 29.6 Å². The summed E-state index contributed by atoms with van der Waals surface area (Å²) in [6.45, 7) is 0. The van der Waals surface area contributed by atoms with E-state index in [1.807, 2.05) is 36.4 Å². The maximum Gasteiger partial charge on any atom is 0.204 e. The number of hydrogen-bond acceptors (Lipinski definition) is 2. The number of anilines is 1. The highest BCUT2D eigenvalue weighted by atomic mass is 19.1. The van der Waals surface area contributed by atoms with Crippen molar-refractivity contribution in [2.75, 3.05) is 5.32 Å². The van der Waals surface area contributed by atoms with Gasteiger partial charge < -0.3 is 9.88 Å². The van der Waals surface area contributed by atoms with Crippen LogP contribution in [-0.4, -0.2) is 9.55 Å². The fourth-order valence-electron chi connectivity index (χ4n) is 3.89. The molecule has 1 aliphatic heterocycles. The van der Waals surface area contributed by atoms with Crippen LogP contribution in [0, 0.1) is 11.6 Å². The lowest BCUT2D eigenvalue weighted by Crippen LogP contribution is -2.27. The molecule has 0 amide bonds. The van der Waals surface area contributed by atoms with Crippen LogP contribution in [0.15, 0.2) is 72.8 Å². The van der Waals surface area contributed by atoms with E-state index in [1.54, 1.807) is 12.1 Å². The molecule has 0 saturated heterocycles. The first-order chi connectivity index (χ1) is 13.2. The number of rotatable bonds is 2. The molecule has 2 heterocycles. The molecule has 5 rings (SSSR count). The van der Waals surface area contributed by atoms with E-state index in [1.165, 1.54) is 24.3 Å². The molecular formula is C22H17F2N3. The third kappa shape index (κ3) is 2.76. The lowest BCUT2D eigenvalue weighted by atomic mass is 9.93. The Bertz CT molecular complexity index is 1100. The fraction of sp³-hybridized carbons (Fsp3) is 0.136. The Hall–Kier alpha value is -3.21. The molecule has 0 fully saturated rings. The van der Waals surface area contributed by atoms with E-state index in [4.69, 9.17) is 4.98 Å². The molecule has 0 bridgehead atoms. The van der Waals surface area contributed by atoms with E-state index in [0.717, 1.165) is 34.5 Å². The summed E-state index contributed by atoms with van der Waals surface area (Å²) in [7, 11) is 0. The summed E-state index contributed by atoms with van der Waals surface area (Å²) < 4.78 is 29.0. The van der Waals surface area contributed by atoms with Gasteiger partial charge in [-0.25, -0.2) is 13.8 Å². The molecule has 3 nitrogen and oxygen atoms in total. The lowest BCUT2D eigenvalue weighted by molar-refractivity contribution is 0.476. The van der Waals surface area contributed by atoms with Crippen molar-refractivity contribution >= 4 is 17.0 Å². The first-order valence-electron chi connectivity index (χ1n) is 8.93. The molecule has 1 aromatic heterocycles. The van der Waals surface area contributed by atoms with Gasteiger partial charge >= 0.3 is 0 Å². The predicted octanol–water partition coefficient (Wildman–Crippen LogP) is 5.46. The second-order valence-electron chi connectivity index (χ2n) is 6.85. The van der Waals surface area contributed by atoms with E-state index in [2.05, 4.69) is 9.88 Å². The average molecular weight is 361 g/mol. The monoisotopic (exact) mass is 361 g/mol. The molecule has 4 aromatic rings. The van der Waals surface area contributed by atoms with Gasteiger partial charge in [0.25, 0.3) is 0 Å². The van der Waals surface area contributed by atoms with Crippen LogP contribution in [0.5, 0.6) is 0 Å². The molecule has 0 unspecified atom stereocenters. The first kappa shape index (κ1) is 16.0. The van der Waals surface area contributed by atoms with Crippen molar-refractivity contribution in [1.29, 1.82) is 0 Å². The molecule has 0 aliphatic carbocycles. The summed E-state index contributed by atoms with van der Waals surface area (Å²) in [4.78, 5) is 4.74. The molecule has 0 saturated carbocycles. The SMILES string of the molecule is Fc1ccc([C@@H]2C[C@@H](c3ccc(F)cc3)n3c(nc4ccccc43)N2)cc1. The largest absolute Gasteiger partial charge is 0.349 e. The molecule has 3 aromatic carbocycles. The number of fused-ring (bicyclic) bond motifs is 3. The van der Waals surface area contributed by atoms with E-state index in [9.17, 15) is 8.78 Å². The molecule has 2 atom stereocenters. The standard InChI is InChI=1S/C22H17F2N3/c23-16-9-5-14(6-10-16)19-13-21(15-7-11-17(24)12-8-15)27-20-4-2-1-3-18(20)25-22(27)26-19/h1-12,19,21H,13H2,(H,25,26)/t19-,21-/m0/s1. The molecule has 1 N–H and O–H groups in total. The summed E-state index contributed by atoms with van der Waals surface area (Å²) in [5.41, 5.74) is 3.97. The van der Waals surface area contributed by atoms with Gasteiger partial charge in [0.2, 0.25) is 5.95 Å². The highest BCUT2D eigenvalue weighted by Crippen LogP contribution is 2.41. The minimum Gasteiger partial charge on any atom is -0.349 e. The Morgan fingerprint density at radius 1 is 0.815 bits per heavy atom. The lowest BCUT2D eigenvalue weighted by Gasteiger charge is -2.33. The van der Waals surface area contributed by atoms with Gasteiger partial charge in [0.15, 0.2) is 0 Å². The Morgan fingerprint density at radius 2 is 1.44 bits per heavy atom. The summed E-state index contributed by atoms with van der Waals surface area (Å²) in [6, 6.07) is 21.1. The Labute approximate surface area is 155 Å². The van der Waals surface area contributed by atoms with Crippen molar-refractivity contribution in [1.82, 2.24) is 9.55 Å². The number of nitrogens with zero attached hydrogens (tertiary/aromatic N) is 2. The third-order valence-electron chi connectivity index (χ3n) is 5.20. The number of para-hydroxylation sites is 2. The number of hydrogen-bond donors (Lipinski definition) is 1. The van der Waals surface area contributed by atoms with Crippen molar-refractivity contribution in [2.24, 2.45) is 0 Å². The maximum atomic E-state index is 13.5. The number of nitrogens with one attached hydrogen (secondary N) is 1. The molecule has 0 radical (unpaired) electrons. The van der Waals surface area contributed by atoms with Gasteiger partial charge in [-0.1, -0.05) is 36.4 Å². The van der Waals surface area contributed by atoms with Crippen LogP contribution < -0.4 is 5.32 Å². The van der Waals surface area contributed by atoms with E-state index in [-0.39, 0.29) is 23.7 Å². The first-order valence-corrected chi connectivity index (χ1v) is 8.93. The Kier molecular flexibility index (Phi) is 3.67. The van der Waals surface area contributed by atoms with Gasteiger partial charge in [0.1, 0.15) is 11.6 Å².